The Bertz CT molecular complexity index is 498. The van der Waals surface area contributed by atoms with Crippen LogP contribution in [0.2, 0.25) is 0 Å². The van der Waals surface area contributed by atoms with Crippen LogP contribution in [0.4, 0.5) is 0 Å². The van der Waals surface area contributed by atoms with E-state index >= 15 is 0 Å². The zero-order valence-corrected chi connectivity index (χ0v) is 15.4. The molecule has 0 atom stereocenters. The van der Waals surface area contributed by atoms with E-state index in [2.05, 4.69) is 5.10 Å². The summed E-state index contributed by atoms with van der Waals surface area (Å²) in [5.74, 6) is -0.217. The van der Waals surface area contributed by atoms with Gasteiger partial charge in [-0.15, -0.1) is 0 Å². The van der Waals surface area contributed by atoms with Crippen LogP contribution in [0.15, 0.2) is 12.4 Å². The van der Waals surface area contributed by atoms with E-state index in [1.54, 1.807) is 17.8 Å². The molecule has 0 spiro atoms. The third-order valence-corrected chi connectivity index (χ3v) is 4.03. The summed E-state index contributed by atoms with van der Waals surface area (Å²) in [7, 11) is -0.425. The van der Waals surface area contributed by atoms with Crippen molar-refractivity contribution in [3.05, 3.63) is 12.4 Å². The summed E-state index contributed by atoms with van der Waals surface area (Å²) >= 11 is 0. The first kappa shape index (κ1) is 19.7. The molecular weight excluding hydrogens is 295 g/mol. The highest BCUT2D eigenvalue weighted by molar-refractivity contribution is 6.61. The van der Waals surface area contributed by atoms with Gasteiger partial charge in [0.05, 0.1) is 30.8 Å². The van der Waals surface area contributed by atoms with Crippen molar-refractivity contribution in [2.24, 2.45) is 0 Å². The van der Waals surface area contributed by atoms with Crippen molar-refractivity contribution in [1.82, 2.24) is 9.78 Å². The second-order valence-electron chi connectivity index (χ2n) is 6.18. The fraction of sp³-hybridized carbons (Fsp3) is 0.750. The lowest BCUT2D eigenvalue weighted by Gasteiger charge is -2.32. The predicted molar refractivity (Wildman–Crippen MR) is 90.5 cm³/mol. The molecule has 1 fully saturated rings. The summed E-state index contributed by atoms with van der Waals surface area (Å²) in [6, 6.07) is 0. The number of carbonyl (C=O) groups is 1. The molecule has 2 rings (SSSR count). The zero-order valence-electron chi connectivity index (χ0n) is 15.4. The summed E-state index contributed by atoms with van der Waals surface area (Å²) in [4.78, 5) is 11.3. The monoisotopic (exact) mass is 324 g/mol. The Balaban J connectivity index is 0.00000127. The van der Waals surface area contributed by atoms with E-state index in [1.165, 1.54) is 0 Å². The first-order chi connectivity index (χ1) is 10.7. The van der Waals surface area contributed by atoms with Gasteiger partial charge in [-0.2, -0.15) is 5.10 Å². The summed E-state index contributed by atoms with van der Waals surface area (Å²) in [5.41, 5.74) is 0.118. The fourth-order valence-corrected chi connectivity index (χ4v) is 2.04. The van der Waals surface area contributed by atoms with Gasteiger partial charge in [-0.05, 0) is 34.6 Å². The smallest absolute Gasteiger partial charge is 0.466 e. The lowest BCUT2D eigenvalue weighted by atomic mass is 9.82. The van der Waals surface area contributed by atoms with Crippen molar-refractivity contribution >= 4 is 18.6 Å². The van der Waals surface area contributed by atoms with Crippen molar-refractivity contribution in [2.75, 3.05) is 6.61 Å². The maximum Gasteiger partial charge on any atom is 0.498 e. The maximum atomic E-state index is 11.3. The Morgan fingerprint density at radius 3 is 2.35 bits per heavy atom. The van der Waals surface area contributed by atoms with Crippen LogP contribution in [0.5, 0.6) is 0 Å². The molecule has 1 saturated heterocycles. The van der Waals surface area contributed by atoms with E-state index < -0.39 is 7.12 Å². The van der Waals surface area contributed by atoms with E-state index in [4.69, 9.17) is 14.0 Å². The summed E-state index contributed by atoms with van der Waals surface area (Å²) < 4.78 is 18.5. The van der Waals surface area contributed by atoms with Crippen LogP contribution in [0.25, 0.3) is 0 Å². The van der Waals surface area contributed by atoms with E-state index in [1.807, 2.05) is 47.7 Å². The molecule has 0 unspecified atom stereocenters. The minimum Gasteiger partial charge on any atom is -0.466 e. The van der Waals surface area contributed by atoms with E-state index in [9.17, 15) is 4.79 Å². The molecule has 0 aromatic carbocycles. The number of carbonyl (C=O) groups excluding carboxylic acids is 1. The van der Waals surface area contributed by atoms with Crippen LogP contribution in [0.3, 0.4) is 0 Å². The Morgan fingerprint density at radius 2 is 1.83 bits per heavy atom. The number of hydrogen-bond acceptors (Lipinski definition) is 5. The van der Waals surface area contributed by atoms with Crippen LogP contribution < -0.4 is 5.46 Å². The topological polar surface area (TPSA) is 62.6 Å². The number of aryl methyl sites for hydroxylation is 1. The molecule has 23 heavy (non-hydrogen) atoms. The van der Waals surface area contributed by atoms with Crippen molar-refractivity contribution in [1.29, 1.82) is 0 Å². The summed E-state index contributed by atoms with van der Waals surface area (Å²) in [6.45, 7) is 14.7. The molecule has 1 aliphatic rings. The number of rotatable bonds is 5. The number of hydrogen-bond donors (Lipinski definition) is 0. The van der Waals surface area contributed by atoms with Gasteiger partial charge in [-0.25, -0.2) is 0 Å². The van der Waals surface area contributed by atoms with Crippen LogP contribution >= 0.6 is 0 Å². The molecule has 130 valence electrons. The lowest BCUT2D eigenvalue weighted by molar-refractivity contribution is -0.143. The average Bonchev–Trinajstić information content (AvgIpc) is 3.02. The zero-order chi connectivity index (χ0) is 17.7. The second kappa shape index (κ2) is 7.97. The van der Waals surface area contributed by atoms with Gasteiger partial charge in [-0.1, -0.05) is 13.8 Å². The van der Waals surface area contributed by atoms with E-state index in [0.29, 0.717) is 19.6 Å². The molecule has 0 radical (unpaired) electrons. The van der Waals surface area contributed by atoms with Gasteiger partial charge in [0.15, 0.2) is 0 Å². The normalized spacial score (nSPS) is 18.3. The van der Waals surface area contributed by atoms with Gasteiger partial charge in [0.25, 0.3) is 0 Å². The minimum absolute atomic E-state index is 0.217. The predicted octanol–water partition coefficient (Wildman–Crippen LogP) is 2.16. The Hall–Kier alpha value is -1.34. The first-order valence-corrected chi connectivity index (χ1v) is 8.29. The minimum atomic E-state index is -0.425. The van der Waals surface area contributed by atoms with Gasteiger partial charge in [0.1, 0.15) is 0 Å². The van der Waals surface area contributed by atoms with Gasteiger partial charge in [0, 0.05) is 17.9 Å². The lowest BCUT2D eigenvalue weighted by Crippen LogP contribution is -2.41. The van der Waals surface area contributed by atoms with Gasteiger partial charge < -0.3 is 14.0 Å². The molecule has 1 aromatic heterocycles. The molecule has 0 N–H and O–H groups in total. The molecular formula is C16H29BN2O4. The number of ether oxygens (including phenoxy) is 1. The van der Waals surface area contributed by atoms with Crippen molar-refractivity contribution in [3.63, 3.8) is 0 Å². The summed E-state index contributed by atoms with van der Waals surface area (Å²) in [6.07, 6.45) is 3.87. The molecule has 0 amide bonds. The highest BCUT2D eigenvalue weighted by Gasteiger charge is 2.52. The Labute approximate surface area is 139 Å². The number of nitrogens with zero attached hydrogens (tertiary/aromatic N) is 2. The van der Waals surface area contributed by atoms with Crippen molar-refractivity contribution in [3.8, 4) is 0 Å². The average molecular weight is 324 g/mol. The van der Waals surface area contributed by atoms with Crippen LogP contribution in [0.1, 0.15) is 54.9 Å². The highest BCUT2D eigenvalue weighted by atomic mass is 16.7. The van der Waals surface area contributed by atoms with Gasteiger partial charge >= 0.3 is 13.1 Å². The fourth-order valence-electron chi connectivity index (χ4n) is 2.04. The second-order valence-corrected chi connectivity index (χ2v) is 6.18. The van der Waals surface area contributed by atoms with E-state index in [0.717, 1.165) is 5.46 Å². The molecule has 0 saturated carbocycles. The van der Waals surface area contributed by atoms with Crippen LogP contribution in [0, 0.1) is 0 Å². The van der Waals surface area contributed by atoms with Gasteiger partial charge in [0.2, 0.25) is 0 Å². The van der Waals surface area contributed by atoms with Crippen LogP contribution in [-0.2, 0) is 25.4 Å². The molecule has 1 aromatic rings. The molecule has 7 heteroatoms. The van der Waals surface area contributed by atoms with Crippen molar-refractivity contribution in [2.45, 2.75) is 72.6 Å². The highest BCUT2D eigenvalue weighted by Crippen LogP contribution is 2.36. The molecule has 0 aliphatic carbocycles. The van der Waals surface area contributed by atoms with Crippen LogP contribution in [-0.4, -0.2) is 40.7 Å². The quantitative estimate of drug-likeness (QED) is 0.613. The Kier molecular flexibility index (Phi) is 6.83. The Morgan fingerprint density at radius 1 is 1.26 bits per heavy atom. The largest absolute Gasteiger partial charge is 0.498 e. The number of esters is 1. The van der Waals surface area contributed by atoms with E-state index in [-0.39, 0.29) is 17.2 Å². The SMILES string of the molecule is CC.CCOC(=O)CCn1cc(B2OC(C)(C)C(C)(C)O2)cn1. The maximum absolute atomic E-state index is 11.3. The molecule has 2 heterocycles. The number of aromatic nitrogens is 2. The molecule has 0 bridgehead atoms. The van der Waals surface area contributed by atoms with Gasteiger partial charge in [-0.3, -0.25) is 9.48 Å². The molecule has 6 nitrogen and oxygen atoms in total. The molecule has 1 aliphatic heterocycles. The van der Waals surface area contributed by atoms with Crippen molar-refractivity contribution < 1.29 is 18.8 Å². The third-order valence-electron chi connectivity index (χ3n) is 4.03. The standard InChI is InChI=1S/C14H23BN2O4.C2H6/c1-6-19-12(18)7-8-17-10-11(9-16-17)15-20-13(2,3)14(4,5)21-15;1-2/h9-10H,6-8H2,1-5H3;1-2H3. The summed E-state index contributed by atoms with van der Waals surface area (Å²) in [5, 5.41) is 4.24. The third kappa shape index (κ3) is 4.82. The first-order valence-electron chi connectivity index (χ1n) is 8.29.